The number of benzene rings is 1. The summed E-state index contributed by atoms with van der Waals surface area (Å²) in [5.41, 5.74) is 0.145. The first-order chi connectivity index (χ1) is 8.66. The minimum Gasteiger partial charge on any atom is -0.492 e. The van der Waals surface area contributed by atoms with Crippen LogP contribution < -0.4 is 4.74 Å². The van der Waals surface area contributed by atoms with E-state index in [0.29, 0.717) is 23.3 Å². The van der Waals surface area contributed by atoms with Crippen LogP contribution in [0.5, 0.6) is 5.75 Å². The van der Waals surface area contributed by atoms with Crippen LogP contribution in [0.3, 0.4) is 0 Å². The zero-order valence-electron chi connectivity index (χ0n) is 9.89. The van der Waals surface area contributed by atoms with Gasteiger partial charge in [0.05, 0.1) is 6.61 Å². The van der Waals surface area contributed by atoms with Crippen molar-refractivity contribution in [1.82, 2.24) is 0 Å². The highest BCUT2D eigenvalue weighted by atomic mass is 35.5. The summed E-state index contributed by atoms with van der Waals surface area (Å²) in [6, 6.07) is 4.56. The Morgan fingerprint density at radius 3 is 2.83 bits per heavy atom. The molecule has 1 heterocycles. The molecule has 4 nitrogen and oxygen atoms in total. The summed E-state index contributed by atoms with van der Waals surface area (Å²) in [7, 11) is 0. The van der Waals surface area contributed by atoms with Crippen molar-refractivity contribution in [2.45, 2.75) is 12.8 Å². The first-order valence-corrected chi connectivity index (χ1v) is 6.28. The van der Waals surface area contributed by atoms with Gasteiger partial charge in [0.2, 0.25) is 0 Å². The summed E-state index contributed by atoms with van der Waals surface area (Å²) in [4.78, 5) is 11.0. The maximum absolute atomic E-state index is 11.0. The highest BCUT2D eigenvalue weighted by molar-refractivity contribution is 6.30. The van der Waals surface area contributed by atoms with Gasteiger partial charge >= 0.3 is 5.97 Å². The Hall–Kier alpha value is -1.26. The third-order valence-electron chi connectivity index (χ3n) is 2.99. The van der Waals surface area contributed by atoms with Gasteiger partial charge in [0.25, 0.3) is 0 Å². The quantitative estimate of drug-likeness (QED) is 0.914. The lowest BCUT2D eigenvalue weighted by Crippen LogP contribution is -2.22. The number of rotatable bonds is 4. The first kappa shape index (κ1) is 13.2. The number of aromatic carboxylic acids is 1. The van der Waals surface area contributed by atoms with Crippen molar-refractivity contribution >= 4 is 17.6 Å². The molecule has 1 saturated heterocycles. The number of hydrogen-bond acceptors (Lipinski definition) is 3. The van der Waals surface area contributed by atoms with Crippen LogP contribution in [-0.4, -0.2) is 30.9 Å². The van der Waals surface area contributed by atoms with Crippen molar-refractivity contribution in [2.75, 3.05) is 19.8 Å². The van der Waals surface area contributed by atoms with Crippen molar-refractivity contribution in [3.8, 4) is 5.75 Å². The number of halogens is 1. The van der Waals surface area contributed by atoms with E-state index in [9.17, 15) is 4.79 Å². The Morgan fingerprint density at radius 2 is 2.17 bits per heavy atom. The van der Waals surface area contributed by atoms with Gasteiger partial charge in [-0.15, -0.1) is 0 Å². The summed E-state index contributed by atoms with van der Waals surface area (Å²) >= 11 is 5.85. The fourth-order valence-corrected chi connectivity index (χ4v) is 2.08. The molecular formula is C13H15ClO4. The highest BCUT2D eigenvalue weighted by Gasteiger charge is 2.17. The van der Waals surface area contributed by atoms with E-state index in [1.807, 2.05) is 0 Å². The largest absolute Gasteiger partial charge is 0.492 e. The van der Waals surface area contributed by atoms with Crippen LogP contribution in [0.4, 0.5) is 0 Å². The Bertz CT molecular complexity index is 427. The van der Waals surface area contributed by atoms with Crippen LogP contribution in [0.15, 0.2) is 18.2 Å². The molecule has 1 aromatic rings. The van der Waals surface area contributed by atoms with E-state index >= 15 is 0 Å². The molecule has 0 unspecified atom stereocenters. The number of carboxylic acid groups (broad SMARTS) is 1. The van der Waals surface area contributed by atoms with Crippen LogP contribution in [0, 0.1) is 5.92 Å². The molecule has 18 heavy (non-hydrogen) atoms. The number of carboxylic acids is 1. The van der Waals surface area contributed by atoms with Crippen molar-refractivity contribution in [2.24, 2.45) is 5.92 Å². The monoisotopic (exact) mass is 270 g/mol. The molecule has 0 aromatic heterocycles. The molecule has 2 rings (SSSR count). The summed E-state index contributed by atoms with van der Waals surface area (Å²) in [5, 5.41) is 9.52. The normalized spacial score (nSPS) is 16.5. The summed E-state index contributed by atoms with van der Waals surface area (Å²) in [6.45, 7) is 1.99. The number of hydrogen-bond donors (Lipinski definition) is 1. The third kappa shape index (κ3) is 3.37. The maximum atomic E-state index is 11.0. The van der Waals surface area contributed by atoms with Crippen LogP contribution in [0.2, 0.25) is 5.02 Å². The van der Waals surface area contributed by atoms with Crippen LogP contribution in [-0.2, 0) is 4.74 Å². The van der Waals surface area contributed by atoms with E-state index in [0.717, 1.165) is 26.1 Å². The Balaban J connectivity index is 2.03. The topological polar surface area (TPSA) is 55.8 Å². The van der Waals surface area contributed by atoms with E-state index in [4.69, 9.17) is 26.2 Å². The van der Waals surface area contributed by atoms with Gasteiger partial charge in [0.1, 0.15) is 11.3 Å². The lowest BCUT2D eigenvalue weighted by molar-refractivity contribution is 0.0490. The molecule has 0 radical (unpaired) electrons. The molecule has 0 atom stereocenters. The molecule has 1 N–H and O–H groups in total. The summed E-state index contributed by atoms with van der Waals surface area (Å²) in [5.74, 6) is -0.255. The predicted molar refractivity (Wildman–Crippen MR) is 67.4 cm³/mol. The van der Waals surface area contributed by atoms with Crippen LogP contribution in [0.25, 0.3) is 0 Å². The smallest absolute Gasteiger partial charge is 0.339 e. The van der Waals surface area contributed by atoms with Gasteiger partial charge in [-0.05, 0) is 37.0 Å². The van der Waals surface area contributed by atoms with Gasteiger partial charge in [-0.25, -0.2) is 4.79 Å². The van der Waals surface area contributed by atoms with Gasteiger partial charge in [-0.1, -0.05) is 11.6 Å². The van der Waals surface area contributed by atoms with Crippen molar-refractivity contribution in [3.63, 3.8) is 0 Å². The Kier molecular flexibility index (Phi) is 4.44. The zero-order valence-corrected chi connectivity index (χ0v) is 10.7. The molecule has 0 aliphatic carbocycles. The van der Waals surface area contributed by atoms with E-state index in [-0.39, 0.29) is 5.56 Å². The van der Waals surface area contributed by atoms with Crippen molar-refractivity contribution in [1.29, 1.82) is 0 Å². The van der Waals surface area contributed by atoms with Crippen molar-refractivity contribution < 1.29 is 19.4 Å². The van der Waals surface area contributed by atoms with E-state index in [1.165, 1.54) is 6.07 Å². The van der Waals surface area contributed by atoms with Gasteiger partial charge in [-0.2, -0.15) is 0 Å². The molecule has 1 aliphatic rings. The minimum atomic E-state index is -1.01. The molecule has 0 spiro atoms. The predicted octanol–water partition coefficient (Wildman–Crippen LogP) is 2.84. The fourth-order valence-electron chi connectivity index (χ4n) is 1.91. The number of carbonyl (C=O) groups is 1. The highest BCUT2D eigenvalue weighted by Crippen LogP contribution is 2.25. The molecular weight excluding hydrogens is 256 g/mol. The lowest BCUT2D eigenvalue weighted by atomic mass is 10.0. The molecule has 0 bridgehead atoms. The average Bonchev–Trinajstić information content (AvgIpc) is 2.37. The van der Waals surface area contributed by atoms with Crippen LogP contribution in [0.1, 0.15) is 23.2 Å². The Labute approximate surface area is 110 Å². The average molecular weight is 271 g/mol. The third-order valence-corrected chi connectivity index (χ3v) is 3.22. The minimum absolute atomic E-state index is 0.145. The molecule has 0 saturated carbocycles. The molecule has 98 valence electrons. The van der Waals surface area contributed by atoms with Crippen LogP contribution >= 0.6 is 11.6 Å². The van der Waals surface area contributed by atoms with E-state index < -0.39 is 5.97 Å². The second-order valence-electron chi connectivity index (χ2n) is 4.31. The van der Waals surface area contributed by atoms with Crippen molar-refractivity contribution in [3.05, 3.63) is 28.8 Å². The fraction of sp³-hybridized carbons (Fsp3) is 0.462. The van der Waals surface area contributed by atoms with Gasteiger partial charge in [0, 0.05) is 18.2 Å². The standard InChI is InChI=1S/C13H15ClO4/c14-10-1-2-11(13(15)16)12(7-10)18-8-9-3-5-17-6-4-9/h1-2,7,9H,3-6,8H2,(H,15,16). The number of ether oxygens (including phenoxy) is 2. The molecule has 5 heteroatoms. The molecule has 1 fully saturated rings. The lowest BCUT2D eigenvalue weighted by Gasteiger charge is -2.22. The zero-order chi connectivity index (χ0) is 13.0. The molecule has 1 aliphatic heterocycles. The van der Waals surface area contributed by atoms with E-state index in [2.05, 4.69) is 0 Å². The van der Waals surface area contributed by atoms with Gasteiger partial charge in [0.15, 0.2) is 0 Å². The molecule has 0 amide bonds. The second kappa shape index (κ2) is 6.07. The maximum Gasteiger partial charge on any atom is 0.339 e. The summed E-state index contributed by atoms with van der Waals surface area (Å²) in [6.07, 6.45) is 1.89. The van der Waals surface area contributed by atoms with Gasteiger partial charge < -0.3 is 14.6 Å². The Morgan fingerprint density at radius 1 is 1.44 bits per heavy atom. The second-order valence-corrected chi connectivity index (χ2v) is 4.75. The van der Waals surface area contributed by atoms with Gasteiger partial charge in [-0.3, -0.25) is 0 Å². The van der Waals surface area contributed by atoms with E-state index in [1.54, 1.807) is 12.1 Å². The SMILES string of the molecule is O=C(O)c1ccc(Cl)cc1OCC1CCOCC1. The molecule has 1 aromatic carbocycles. The summed E-state index contributed by atoms with van der Waals surface area (Å²) < 4.78 is 10.9. The first-order valence-electron chi connectivity index (χ1n) is 5.90.